The first-order chi connectivity index (χ1) is 11.1. The largest absolute Gasteiger partial charge is 0.474 e. The molecule has 1 aliphatic heterocycles. The first kappa shape index (κ1) is 15.6. The van der Waals surface area contributed by atoms with Gasteiger partial charge in [-0.25, -0.2) is 9.78 Å². The van der Waals surface area contributed by atoms with Gasteiger partial charge in [-0.2, -0.15) is 0 Å². The highest BCUT2D eigenvalue weighted by Crippen LogP contribution is 2.24. The molecule has 2 aliphatic rings. The molecule has 2 heterocycles. The van der Waals surface area contributed by atoms with Gasteiger partial charge in [-0.1, -0.05) is 0 Å². The van der Waals surface area contributed by atoms with E-state index in [4.69, 9.17) is 10.5 Å². The minimum atomic E-state index is -0.512. The third-order valence-corrected chi connectivity index (χ3v) is 4.45. The number of carbonyl (C=O) groups excluding carboxylic acids is 2. The number of hydrogen-bond donors (Lipinski definition) is 2. The van der Waals surface area contributed by atoms with Crippen molar-refractivity contribution in [2.75, 3.05) is 13.1 Å². The molecule has 1 aliphatic carbocycles. The summed E-state index contributed by atoms with van der Waals surface area (Å²) in [5.41, 5.74) is 5.72. The molecular formula is C16H22N4O3. The van der Waals surface area contributed by atoms with Gasteiger partial charge in [0.05, 0.1) is 0 Å². The fourth-order valence-corrected chi connectivity index (χ4v) is 2.88. The summed E-state index contributed by atoms with van der Waals surface area (Å²) in [6, 6.07) is 2.96. The molecule has 1 saturated heterocycles. The second-order valence-corrected chi connectivity index (χ2v) is 6.13. The number of likely N-dealkylation sites (tertiary alicyclic amines) is 1. The van der Waals surface area contributed by atoms with E-state index in [1.54, 1.807) is 23.2 Å². The number of pyridine rings is 1. The van der Waals surface area contributed by atoms with Crippen LogP contribution in [0.2, 0.25) is 0 Å². The van der Waals surface area contributed by atoms with Crippen LogP contribution >= 0.6 is 0 Å². The predicted molar refractivity (Wildman–Crippen MR) is 84.1 cm³/mol. The molecule has 0 bridgehead atoms. The summed E-state index contributed by atoms with van der Waals surface area (Å²) in [5.74, 6) is 0.495. The smallest absolute Gasteiger partial charge is 0.312 e. The second kappa shape index (κ2) is 6.85. The molecule has 0 radical (unpaired) electrons. The third kappa shape index (κ3) is 3.91. The van der Waals surface area contributed by atoms with Gasteiger partial charge in [0.15, 0.2) is 0 Å². The van der Waals surface area contributed by atoms with Gasteiger partial charge in [0.2, 0.25) is 5.88 Å². The molecule has 124 valence electrons. The molecule has 0 spiro atoms. The normalized spacial score (nSPS) is 19.0. The number of piperidine rings is 1. The minimum absolute atomic E-state index is 0.0246. The Morgan fingerprint density at radius 2 is 2.00 bits per heavy atom. The number of primary amides is 1. The van der Waals surface area contributed by atoms with Crippen LogP contribution in [0, 0.1) is 0 Å². The quantitative estimate of drug-likeness (QED) is 0.874. The fraction of sp³-hybridized carbons (Fsp3) is 0.562. The third-order valence-electron chi connectivity index (χ3n) is 4.45. The van der Waals surface area contributed by atoms with Crippen molar-refractivity contribution in [1.29, 1.82) is 0 Å². The molecule has 0 atom stereocenters. The maximum absolute atomic E-state index is 12.6. The number of ether oxygens (including phenoxy) is 1. The van der Waals surface area contributed by atoms with Crippen molar-refractivity contribution >= 4 is 11.9 Å². The summed E-state index contributed by atoms with van der Waals surface area (Å²) < 4.78 is 5.75. The van der Waals surface area contributed by atoms with Gasteiger partial charge in [0.1, 0.15) is 6.10 Å². The van der Waals surface area contributed by atoms with Gasteiger partial charge in [0.25, 0.3) is 5.91 Å². The van der Waals surface area contributed by atoms with Gasteiger partial charge in [-0.05, 0) is 38.2 Å². The van der Waals surface area contributed by atoms with Crippen molar-refractivity contribution in [3.8, 4) is 5.88 Å². The van der Waals surface area contributed by atoms with Crippen molar-refractivity contribution in [3.05, 3.63) is 23.9 Å². The molecule has 1 aromatic heterocycles. The minimum Gasteiger partial charge on any atom is -0.474 e. The number of hydrogen-bond acceptors (Lipinski definition) is 4. The highest BCUT2D eigenvalue weighted by molar-refractivity contribution is 5.94. The van der Waals surface area contributed by atoms with Crippen molar-refractivity contribution in [3.63, 3.8) is 0 Å². The molecule has 3 rings (SSSR count). The lowest BCUT2D eigenvalue weighted by Crippen LogP contribution is -2.47. The molecule has 1 aromatic rings. The van der Waals surface area contributed by atoms with Gasteiger partial charge in [-0.3, -0.25) is 4.79 Å². The SMILES string of the molecule is NC(=O)NC1CCN(C(=O)c2ccnc(OC3CCC3)c2)CC1. The highest BCUT2D eigenvalue weighted by Gasteiger charge is 2.25. The number of nitrogens with zero attached hydrogens (tertiary/aromatic N) is 2. The van der Waals surface area contributed by atoms with Crippen LogP contribution in [0.15, 0.2) is 18.3 Å². The molecule has 7 heteroatoms. The average Bonchev–Trinajstić information content (AvgIpc) is 2.51. The summed E-state index contributed by atoms with van der Waals surface area (Å²) in [7, 11) is 0. The lowest BCUT2D eigenvalue weighted by molar-refractivity contribution is 0.0706. The molecule has 7 nitrogen and oxygen atoms in total. The van der Waals surface area contributed by atoms with E-state index in [9.17, 15) is 9.59 Å². The van der Waals surface area contributed by atoms with E-state index in [0.29, 0.717) is 37.4 Å². The van der Waals surface area contributed by atoms with Crippen LogP contribution in [-0.2, 0) is 0 Å². The summed E-state index contributed by atoms with van der Waals surface area (Å²) in [6.45, 7) is 1.20. The van der Waals surface area contributed by atoms with E-state index < -0.39 is 6.03 Å². The number of aromatic nitrogens is 1. The Kier molecular flexibility index (Phi) is 4.64. The molecule has 2 fully saturated rings. The van der Waals surface area contributed by atoms with Gasteiger partial charge < -0.3 is 20.7 Å². The maximum atomic E-state index is 12.6. The summed E-state index contributed by atoms with van der Waals surface area (Å²) in [4.78, 5) is 29.4. The number of urea groups is 1. The van der Waals surface area contributed by atoms with Crippen LogP contribution < -0.4 is 15.8 Å². The van der Waals surface area contributed by atoms with Crippen LogP contribution in [0.25, 0.3) is 0 Å². The lowest BCUT2D eigenvalue weighted by Gasteiger charge is -2.32. The molecular weight excluding hydrogens is 296 g/mol. The zero-order valence-corrected chi connectivity index (χ0v) is 13.0. The topological polar surface area (TPSA) is 97.6 Å². The van der Waals surface area contributed by atoms with Crippen molar-refractivity contribution in [2.24, 2.45) is 5.73 Å². The molecule has 0 unspecified atom stereocenters. The van der Waals surface area contributed by atoms with Crippen molar-refractivity contribution < 1.29 is 14.3 Å². The predicted octanol–water partition coefficient (Wildman–Crippen LogP) is 1.29. The van der Waals surface area contributed by atoms with Crippen LogP contribution in [0.4, 0.5) is 4.79 Å². The Balaban J connectivity index is 1.57. The molecule has 3 amide bonds. The van der Waals surface area contributed by atoms with Crippen molar-refractivity contribution in [2.45, 2.75) is 44.2 Å². The van der Waals surface area contributed by atoms with Crippen LogP contribution in [-0.4, -0.2) is 47.1 Å². The van der Waals surface area contributed by atoms with Gasteiger partial charge >= 0.3 is 6.03 Å². The maximum Gasteiger partial charge on any atom is 0.312 e. The van der Waals surface area contributed by atoms with Crippen LogP contribution in [0.3, 0.4) is 0 Å². The van der Waals surface area contributed by atoms with Crippen molar-refractivity contribution in [1.82, 2.24) is 15.2 Å². The summed E-state index contributed by atoms with van der Waals surface area (Å²) in [5, 5.41) is 2.70. The first-order valence-corrected chi connectivity index (χ1v) is 8.10. The number of nitrogens with one attached hydrogen (secondary N) is 1. The van der Waals surface area contributed by atoms with Gasteiger partial charge in [-0.15, -0.1) is 0 Å². The van der Waals surface area contributed by atoms with Gasteiger partial charge in [0, 0.05) is 37.0 Å². The molecule has 23 heavy (non-hydrogen) atoms. The van der Waals surface area contributed by atoms with E-state index in [2.05, 4.69) is 10.3 Å². The van der Waals surface area contributed by atoms with E-state index >= 15 is 0 Å². The molecule has 1 saturated carbocycles. The summed E-state index contributed by atoms with van der Waals surface area (Å²) >= 11 is 0. The molecule has 0 aromatic carbocycles. The Morgan fingerprint density at radius 1 is 1.26 bits per heavy atom. The van der Waals surface area contributed by atoms with E-state index in [1.165, 1.54) is 6.42 Å². The van der Waals surface area contributed by atoms with Crippen LogP contribution in [0.1, 0.15) is 42.5 Å². The Hall–Kier alpha value is -2.31. The second-order valence-electron chi connectivity index (χ2n) is 6.13. The fourth-order valence-electron chi connectivity index (χ4n) is 2.88. The van der Waals surface area contributed by atoms with E-state index in [0.717, 1.165) is 12.8 Å². The number of nitrogens with two attached hydrogens (primary N) is 1. The lowest BCUT2D eigenvalue weighted by atomic mass is 9.96. The first-order valence-electron chi connectivity index (χ1n) is 8.10. The Morgan fingerprint density at radius 3 is 2.61 bits per heavy atom. The Bertz CT molecular complexity index is 580. The number of amides is 3. The number of rotatable bonds is 4. The zero-order valence-electron chi connectivity index (χ0n) is 13.0. The Labute approximate surface area is 135 Å². The van der Waals surface area contributed by atoms with Crippen LogP contribution in [0.5, 0.6) is 5.88 Å². The summed E-state index contributed by atoms with van der Waals surface area (Å²) in [6.07, 6.45) is 6.58. The standard InChI is InChI=1S/C16H22N4O3/c17-16(22)19-12-5-8-20(9-6-12)15(21)11-4-7-18-14(10-11)23-13-2-1-3-13/h4,7,10,12-13H,1-3,5-6,8-9H2,(H3,17,19,22). The monoisotopic (exact) mass is 318 g/mol. The van der Waals surface area contributed by atoms with E-state index in [-0.39, 0.29) is 18.1 Å². The highest BCUT2D eigenvalue weighted by atomic mass is 16.5. The number of carbonyl (C=O) groups is 2. The molecule has 3 N–H and O–H groups in total. The average molecular weight is 318 g/mol. The zero-order chi connectivity index (χ0) is 16.2. The van der Waals surface area contributed by atoms with E-state index in [1.807, 2.05) is 0 Å².